The van der Waals surface area contributed by atoms with Crippen molar-refractivity contribution in [3.8, 4) is 0 Å². The second-order valence-electron chi connectivity index (χ2n) is 4.39. The number of aromatic nitrogens is 2. The molecular weight excluding hydrogens is 230 g/mol. The molecule has 18 heavy (non-hydrogen) atoms. The first kappa shape index (κ1) is 12.7. The summed E-state index contributed by atoms with van der Waals surface area (Å²) in [6, 6.07) is 5.46. The summed E-state index contributed by atoms with van der Waals surface area (Å²) in [4.78, 5) is 16.6. The minimum absolute atomic E-state index is 0.0591. The van der Waals surface area contributed by atoms with Crippen LogP contribution in [0.15, 0.2) is 29.2 Å². The summed E-state index contributed by atoms with van der Waals surface area (Å²) < 4.78 is 1.53. The van der Waals surface area contributed by atoms with Crippen LogP contribution in [0.5, 0.6) is 0 Å². The number of nitrogens with zero attached hydrogens (tertiary/aromatic N) is 2. The fourth-order valence-corrected chi connectivity index (χ4v) is 1.85. The third-order valence-corrected chi connectivity index (χ3v) is 2.78. The minimum atomic E-state index is -0.429. The number of fused-ring (bicyclic) bond motifs is 1. The van der Waals surface area contributed by atoms with Gasteiger partial charge in [0, 0.05) is 25.0 Å². The van der Waals surface area contributed by atoms with Crippen LogP contribution in [0.2, 0.25) is 0 Å². The monoisotopic (exact) mass is 247 g/mol. The quantitative estimate of drug-likeness (QED) is 0.824. The molecule has 5 nitrogen and oxygen atoms in total. The summed E-state index contributed by atoms with van der Waals surface area (Å²) >= 11 is 0. The summed E-state index contributed by atoms with van der Waals surface area (Å²) in [6.45, 7) is 4.40. The van der Waals surface area contributed by atoms with E-state index in [1.165, 1.54) is 4.40 Å². The Balaban J connectivity index is 2.35. The number of hydrogen-bond donors (Lipinski definition) is 2. The average molecular weight is 247 g/mol. The van der Waals surface area contributed by atoms with Crippen molar-refractivity contribution in [1.29, 1.82) is 0 Å². The molecule has 0 saturated carbocycles. The summed E-state index contributed by atoms with van der Waals surface area (Å²) in [5.74, 6) is 0. The minimum Gasteiger partial charge on any atom is -0.392 e. The fourth-order valence-electron chi connectivity index (χ4n) is 1.85. The lowest BCUT2D eigenvalue weighted by atomic mass is 10.2. The molecule has 96 valence electrons. The number of rotatable bonds is 4. The molecule has 2 rings (SSSR count). The Morgan fingerprint density at radius 3 is 3.00 bits per heavy atom. The van der Waals surface area contributed by atoms with Gasteiger partial charge in [0.2, 0.25) is 0 Å². The highest BCUT2D eigenvalue weighted by Gasteiger charge is 2.09. The average Bonchev–Trinajstić information content (AvgIpc) is 2.33. The molecule has 0 spiro atoms. The van der Waals surface area contributed by atoms with Gasteiger partial charge in [0.1, 0.15) is 5.65 Å². The number of nitrogens with one attached hydrogen (secondary N) is 1. The first-order valence-electron chi connectivity index (χ1n) is 5.95. The molecule has 0 saturated heterocycles. The van der Waals surface area contributed by atoms with Crippen molar-refractivity contribution < 1.29 is 5.11 Å². The van der Waals surface area contributed by atoms with Crippen LogP contribution in [0.4, 0.5) is 0 Å². The number of aliphatic hydroxyl groups excluding tert-OH is 1. The van der Waals surface area contributed by atoms with Crippen LogP contribution >= 0.6 is 0 Å². The van der Waals surface area contributed by atoms with E-state index in [2.05, 4.69) is 10.3 Å². The summed E-state index contributed by atoms with van der Waals surface area (Å²) in [7, 11) is 0. The van der Waals surface area contributed by atoms with Gasteiger partial charge in [0.05, 0.1) is 11.7 Å². The lowest BCUT2D eigenvalue weighted by molar-refractivity contribution is 0.191. The maximum Gasteiger partial charge on any atom is 0.262 e. The van der Waals surface area contributed by atoms with Gasteiger partial charge in [-0.25, -0.2) is 4.98 Å². The summed E-state index contributed by atoms with van der Waals surface area (Å²) in [5, 5.41) is 12.2. The Labute approximate surface area is 105 Å². The van der Waals surface area contributed by atoms with Crippen molar-refractivity contribution in [2.45, 2.75) is 26.5 Å². The molecule has 0 radical (unpaired) electrons. The highest BCUT2D eigenvalue weighted by atomic mass is 16.3. The topological polar surface area (TPSA) is 66.6 Å². The SMILES string of the molecule is Cc1nc2ccccn2c(=O)c1CNC[C@H](C)O. The van der Waals surface area contributed by atoms with Gasteiger partial charge in [-0.1, -0.05) is 6.07 Å². The van der Waals surface area contributed by atoms with E-state index in [9.17, 15) is 9.90 Å². The van der Waals surface area contributed by atoms with Gasteiger partial charge < -0.3 is 10.4 Å². The van der Waals surface area contributed by atoms with Gasteiger partial charge in [-0.3, -0.25) is 9.20 Å². The van der Waals surface area contributed by atoms with E-state index < -0.39 is 6.10 Å². The van der Waals surface area contributed by atoms with Crippen LogP contribution in [0.25, 0.3) is 5.65 Å². The zero-order valence-corrected chi connectivity index (χ0v) is 10.6. The molecular formula is C13H17N3O2. The van der Waals surface area contributed by atoms with E-state index in [0.717, 1.165) is 5.69 Å². The number of pyridine rings is 1. The predicted molar refractivity (Wildman–Crippen MR) is 69.6 cm³/mol. The normalized spacial score (nSPS) is 12.8. The Hall–Kier alpha value is -1.72. The van der Waals surface area contributed by atoms with Crippen molar-refractivity contribution in [2.75, 3.05) is 6.54 Å². The maximum atomic E-state index is 12.2. The van der Waals surface area contributed by atoms with Gasteiger partial charge in [0.25, 0.3) is 5.56 Å². The molecule has 0 aliphatic carbocycles. The number of hydrogen-bond acceptors (Lipinski definition) is 4. The van der Waals surface area contributed by atoms with Crippen LogP contribution in [-0.4, -0.2) is 27.1 Å². The second kappa shape index (κ2) is 5.29. The molecule has 0 unspecified atom stereocenters. The Morgan fingerprint density at radius 2 is 2.28 bits per heavy atom. The van der Waals surface area contributed by atoms with Crippen LogP contribution in [0.1, 0.15) is 18.2 Å². The third-order valence-electron chi connectivity index (χ3n) is 2.78. The molecule has 5 heteroatoms. The fraction of sp³-hybridized carbons (Fsp3) is 0.385. The van der Waals surface area contributed by atoms with Gasteiger partial charge in [-0.2, -0.15) is 0 Å². The van der Waals surface area contributed by atoms with Gasteiger partial charge in [0.15, 0.2) is 0 Å². The van der Waals surface area contributed by atoms with Crippen molar-refractivity contribution in [1.82, 2.24) is 14.7 Å². The molecule has 2 aromatic rings. The lowest BCUT2D eigenvalue weighted by Crippen LogP contribution is -2.29. The molecule has 0 bridgehead atoms. The van der Waals surface area contributed by atoms with Crippen LogP contribution in [-0.2, 0) is 6.54 Å². The molecule has 2 heterocycles. The Bertz CT molecular complexity index is 605. The third kappa shape index (κ3) is 2.57. The van der Waals surface area contributed by atoms with E-state index in [1.54, 1.807) is 25.3 Å². The van der Waals surface area contributed by atoms with Crippen LogP contribution < -0.4 is 10.9 Å². The molecule has 0 aliphatic rings. The lowest BCUT2D eigenvalue weighted by Gasteiger charge is -2.10. The molecule has 1 atom stereocenters. The van der Waals surface area contributed by atoms with Gasteiger partial charge in [-0.05, 0) is 26.0 Å². The predicted octanol–water partition coefficient (Wildman–Crippen LogP) is 0.473. The number of aliphatic hydroxyl groups is 1. The number of aryl methyl sites for hydroxylation is 1. The second-order valence-corrected chi connectivity index (χ2v) is 4.39. The van der Waals surface area contributed by atoms with Gasteiger partial charge >= 0.3 is 0 Å². The summed E-state index contributed by atoms with van der Waals surface area (Å²) in [6.07, 6.45) is 1.28. The van der Waals surface area contributed by atoms with Gasteiger partial charge in [-0.15, -0.1) is 0 Å². The first-order chi connectivity index (χ1) is 8.59. The Morgan fingerprint density at radius 1 is 1.50 bits per heavy atom. The van der Waals surface area contributed by atoms with E-state index in [-0.39, 0.29) is 5.56 Å². The zero-order valence-electron chi connectivity index (χ0n) is 10.6. The van der Waals surface area contributed by atoms with E-state index >= 15 is 0 Å². The smallest absolute Gasteiger partial charge is 0.262 e. The van der Waals surface area contributed by atoms with Crippen molar-refractivity contribution in [3.63, 3.8) is 0 Å². The van der Waals surface area contributed by atoms with Crippen LogP contribution in [0, 0.1) is 6.92 Å². The van der Waals surface area contributed by atoms with Crippen molar-refractivity contribution in [3.05, 3.63) is 46.0 Å². The maximum absolute atomic E-state index is 12.2. The molecule has 0 amide bonds. The zero-order chi connectivity index (χ0) is 13.1. The van der Waals surface area contributed by atoms with Crippen molar-refractivity contribution in [2.24, 2.45) is 0 Å². The van der Waals surface area contributed by atoms with Crippen LogP contribution in [0.3, 0.4) is 0 Å². The van der Waals surface area contributed by atoms with Crippen molar-refractivity contribution >= 4 is 5.65 Å². The molecule has 0 aliphatic heterocycles. The Kier molecular flexibility index (Phi) is 3.74. The molecule has 0 aromatic carbocycles. The van der Waals surface area contributed by atoms with E-state index in [4.69, 9.17) is 0 Å². The first-order valence-corrected chi connectivity index (χ1v) is 5.95. The van der Waals surface area contributed by atoms with E-state index in [1.807, 2.05) is 13.0 Å². The summed E-state index contributed by atoms with van der Waals surface area (Å²) in [5.41, 5.74) is 1.96. The largest absolute Gasteiger partial charge is 0.392 e. The highest BCUT2D eigenvalue weighted by molar-refractivity contribution is 5.40. The molecule has 0 fully saturated rings. The highest BCUT2D eigenvalue weighted by Crippen LogP contribution is 2.03. The standard InChI is InChI=1S/C13H17N3O2/c1-9(17)7-14-8-11-10(2)15-12-5-3-4-6-16(12)13(11)18/h3-6,9,14,17H,7-8H2,1-2H3/t9-/m0/s1. The molecule has 2 aromatic heterocycles. The molecule has 2 N–H and O–H groups in total. The van der Waals surface area contributed by atoms with E-state index in [0.29, 0.717) is 24.3 Å².